The highest BCUT2D eigenvalue weighted by atomic mass is 16.8. The largest absolute Gasteiger partial charge is 0.733 e. The number of carbonyl (C=O) groups excluding carboxylic acids is 2. The van der Waals surface area contributed by atoms with Crippen LogP contribution in [0.5, 0.6) is 0 Å². The van der Waals surface area contributed by atoms with Gasteiger partial charge in [0.2, 0.25) is 11.8 Å². The van der Waals surface area contributed by atoms with Crippen LogP contribution in [0.2, 0.25) is 0 Å². The smallest absolute Gasteiger partial charge is 0.239 e. The first-order valence-corrected chi connectivity index (χ1v) is 10.3. The second-order valence-corrected chi connectivity index (χ2v) is 8.63. The highest BCUT2D eigenvalue weighted by Crippen LogP contribution is 2.64. The number of rotatable bonds is 2. The van der Waals surface area contributed by atoms with E-state index in [0.29, 0.717) is 0 Å². The number of carbonyl (C=O) groups is 2. The van der Waals surface area contributed by atoms with Crippen molar-refractivity contribution < 1.29 is 14.8 Å². The number of anilines is 2. The van der Waals surface area contributed by atoms with Crippen molar-refractivity contribution >= 4 is 23.2 Å². The van der Waals surface area contributed by atoms with Gasteiger partial charge in [0.15, 0.2) is 0 Å². The molecule has 2 bridgehead atoms. The summed E-state index contributed by atoms with van der Waals surface area (Å²) in [5.41, 5.74) is 3.62. The Labute approximate surface area is 178 Å². The summed E-state index contributed by atoms with van der Waals surface area (Å²) in [5, 5.41) is 21.0. The lowest BCUT2D eigenvalue weighted by Gasteiger charge is -2.52. The molecule has 3 aliphatic carbocycles. The molecule has 3 aromatic carbocycles. The summed E-state index contributed by atoms with van der Waals surface area (Å²) in [4.78, 5) is 28.7. The van der Waals surface area contributed by atoms with Crippen LogP contribution in [0.1, 0.15) is 35.1 Å². The van der Waals surface area contributed by atoms with Gasteiger partial charge in [-0.3, -0.25) is 14.8 Å². The highest BCUT2D eigenvalue weighted by molar-refractivity contribution is 6.25. The summed E-state index contributed by atoms with van der Waals surface area (Å²) in [6.07, 6.45) is 0. The van der Waals surface area contributed by atoms with Crippen molar-refractivity contribution in [3.05, 3.63) is 100 Å². The third-order valence-corrected chi connectivity index (χ3v) is 7.37. The Kier molecular flexibility index (Phi) is 3.56. The summed E-state index contributed by atoms with van der Waals surface area (Å²) < 4.78 is 0. The molecular weight excluding hydrogens is 392 g/mol. The zero-order chi connectivity index (χ0) is 21.5. The average molecular weight is 411 g/mol. The topological polar surface area (TPSA) is 83.9 Å². The number of amides is 2. The first-order chi connectivity index (χ1) is 15.0. The minimum atomic E-state index is -0.667. The maximum atomic E-state index is 13.8. The van der Waals surface area contributed by atoms with E-state index in [1.54, 1.807) is 12.1 Å². The highest BCUT2D eigenvalue weighted by Gasteiger charge is 2.66. The zero-order valence-corrected chi connectivity index (χ0v) is 16.7. The summed E-state index contributed by atoms with van der Waals surface area (Å²) in [7, 11) is 0. The van der Waals surface area contributed by atoms with E-state index in [0.717, 1.165) is 27.2 Å². The SMILES string of the molecule is CC12c3ccccc3C(c3ccccc31)[C@H]1C(=O)N(c3ccccc3N([O-])O)C(=O)[C@@H]12. The Bertz CT molecular complexity index is 1220. The molecule has 0 saturated carbocycles. The van der Waals surface area contributed by atoms with Crippen molar-refractivity contribution in [2.24, 2.45) is 11.8 Å². The minimum Gasteiger partial charge on any atom is -0.733 e. The molecular formula is C25H19N2O4-. The monoisotopic (exact) mass is 411 g/mol. The first-order valence-electron chi connectivity index (χ1n) is 10.3. The molecule has 1 fully saturated rings. The van der Waals surface area contributed by atoms with Crippen molar-refractivity contribution in [3.63, 3.8) is 0 Å². The number of imide groups is 1. The predicted octanol–water partition coefficient (Wildman–Crippen LogP) is 3.95. The van der Waals surface area contributed by atoms with Gasteiger partial charge in [0.1, 0.15) is 0 Å². The van der Waals surface area contributed by atoms with Gasteiger partial charge in [-0.15, -0.1) is 0 Å². The van der Waals surface area contributed by atoms with Crippen LogP contribution in [0.4, 0.5) is 11.4 Å². The van der Waals surface area contributed by atoms with Gasteiger partial charge in [-0.05, 0) is 34.4 Å². The fraction of sp³-hybridized carbons (Fsp3) is 0.200. The van der Waals surface area contributed by atoms with Gasteiger partial charge in [0, 0.05) is 11.3 Å². The molecule has 6 heteroatoms. The maximum Gasteiger partial charge on any atom is 0.239 e. The van der Waals surface area contributed by atoms with E-state index in [-0.39, 0.29) is 34.3 Å². The van der Waals surface area contributed by atoms with Crippen molar-refractivity contribution in [1.82, 2.24) is 0 Å². The molecule has 31 heavy (non-hydrogen) atoms. The zero-order valence-electron chi connectivity index (χ0n) is 16.7. The lowest BCUT2D eigenvalue weighted by atomic mass is 9.48. The van der Waals surface area contributed by atoms with E-state index < -0.39 is 17.3 Å². The Morgan fingerprint density at radius 1 is 0.871 bits per heavy atom. The standard InChI is InChI=1S/C25H19N2O4/c1-25-16-10-4-2-8-14(16)20(15-9-3-5-11-17(15)25)21-22(25)24(29)26(23(21)28)18-12-6-7-13-19(18)27(30)31/h2-13,20-22,30H,1H3/q-1/t20?,21-,22-,25?/m1/s1. The Hall–Kier alpha value is -3.48. The van der Waals surface area contributed by atoms with E-state index in [4.69, 9.17) is 0 Å². The summed E-state index contributed by atoms with van der Waals surface area (Å²) in [6.45, 7) is 2.05. The van der Waals surface area contributed by atoms with Crippen molar-refractivity contribution in [2.75, 3.05) is 10.1 Å². The van der Waals surface area contributed by atoms with Crippen LogP contribution in [0.25, 0.3) is 0 Å². The van der Waals surface area contributed by atoms with Crippen LogP contribution < -0.4 is 10.1 Å². The van der Waals surface area contributed by atoms with E-state index in [9.17, 15) is 20.0 Å². The molecule has 3 aromatic rings. The molecule has 0 radical (unpaired) electrons. The van der Waals surface area contributed by atoms with Crippen LogP contribution in [-0.2, 0) is 15.0 Å². The quantitative estimate of drug-likeness (QED) is 0.510. The van der Waals surface area contributed by atoms with E-state index in [2.05, 4.69) is 12.1 Å². The molecule has 154 valence electrons. The average Bonchev–Trinajstić information content (AvgIpc) is 3.05. The molecule has 0 aromatic heterocycles. The number of para-hydroxylation sites is 2. The molecule has 2 atom stereocenters. The summed E-state index contributed by atoms with van der Waals surface area (Å²) in [5.74, 6) is -2.04. The van der Waals surface area contributed by atoms with E-state index >= 15 is 0 Å². The van der Waals surface area contributed by atoms with Crippen molar-refractivity contribution in [2.45, 2.75) is 18.3 Å². The fourth-order valence-electron chi connectivity index (χ4n) is 6.20. The first kappa shape index (κ1) is 18.3. The Morgan fingerprint density at radius 3 is 2.03 bits per heavy atom. The van der Waals surface area contributed by atoms with E-state index in [1.165, 1.54) is 12.1 Å². The van der Waals surface area contributed by atoms with Gasteiger partial charge in [-0.1, -0.05) is 67.6 Å². The normalized spacial score (nSPS) is 27.7. The molecule has 4 aliphatic rings. The summed E-state index contributed by atoms with van der Waals surface area (Å²) in [6, 6.07) is 22.2. The second-order valence-electron chi connectivity index (χ2n) is 8.63. The van der Waals surface area contributed by atoms with Crippen LogP contribution in [0.15, 0.2) is 72.8 Å². The number of nitrogens with zero attached hydrogens (tertiary/aromatic N) is 2. The van der Waals surface area contributed by atoms with Gasteiger partial charge in [-0.2, -0.15) is 0 Å². The van der Waals surface area contributed by atoms with Gasteiger partial charge >= 0.3 is 0 Å². The Balaban J connectivity index is 1.61. The van der Waals surface area contributed by atoms with Crippen molar-refractivity contribution in [1.29, 1.82) is 0 Å². The molecule has 0 unspecified atom stereocenters. The lowest BCUT2D eigenvalue weighted by Crippen LogP contribution is -2.51. The predicted molar refractivity (Wildman–Crippen MR) is 115 cm³/mol. The van der Waals surface area contributed by atoms with Crippen LogP contribution in [0.3, 0.4) is 0 Å². The molecule has 7 rings (SSSR count). The fourth-order valence-corrected chi connectivity index (χ4v) is 6.20. The second kappa shape index (κ2) is 6.03. The van der Waals surface area contributed by atoms with Gasteiger partial charge in [-0.25, -0.2) is 4.90 Å². The van der Waals surface area contributed by atoms with Crippen molar-refractivity contribution in [3.8, 4) is 0 Å². The van der Waals surface area contributed by atoms with Gasteiger partial charge < -0.3 is 10.4 Å². The van der Waals surface area contributed by atoms with Gasteiger partial charge in [0.05, 0.1) is 23.2 Å². The molecule has 2 amide bonds. The molecule has 0 spiro atoms. The van der Waals surface area contributed by atoms with Crippen LogP contribution >= 0.6 is 0 Å². The number of benzene rings is 3. The third-order valence-electron chi connectivity index (χ3n) is 7.37. The molecule has 1 aliphatic heterocycles. The van der Waals surface area contributed by atoms with Crippen LogP contribution in [-0.4, -0.2) is 17.0 Å². The summed E-state index contributed by atoms with van der Waals surface area (Å²) >= 11 is 0. The molecule has 1 heterocycles. The molecule has 1 saturated heterocycles. The van der Waals surface area contributed by atoms with Gasteiger partial charge in [0.25, 0.3) is 0 Å². The molecule has 1 N–H and O–H groups in total. The third kappa shape index (κ3) is 2.08. The number of hydrogen-bond acceptors (Lipinski definition) is 5. The van der Waals surface area contributed by atoms with E-state index in [1.807, 2.05) is 43.3 Å². The molecule has 6 nitrogen and oxygen atoms in total. The minimum absolute atomic E-state index is 0.112. The lowest BCUT2D eigenvalue weighted by molar-refractivity contribution is -0.123. The Morgan fingerprint density at radius 2 is 1.42 bits per heavy atom. The number of hydrogen-bond donors (Lipinski definition) is 1. The maximum absolute atomic E-state index is 13.8. The van der Waals surface area contributed by atoms with Crippen LogP contribution in [0, 0.1) is 17.0 Å².